The molecule has 0 bridgehead atoms. The molecule has 3 aromatic carbocycles. The van der Waals surface area contributed by atoms with Crippen LogP contribution in [-0.4, -0.2) is 29.1 Å². The van der Waals surface area contributed by atoms with Crippen LogP contribution in [-0.2, 0) is 11.3 Å². The number of pyridine rings is 1. The molecule has 196 valence electrons. The number of aromatic carboxylic acids is 1. The van der Waals surface area contributed by atoms with Crippen molar-refractivity contribution in [3.05, 3.63) is 89.6 Å². The Hall–Kier alpha value is -4.33. The first kappa shape index (κ1) is 26.7. The molecule has 4 aromatic rings. The Morgan fingerprint density at radius 3 is 2.32 bits per heavy atom. The number of hydrogen-bond donors (Lipinski definition) is 1. The maximum atomic E-state index is 14.6. The minimum absolute atomic E-state index is 0.0977. The monoisotopic (exact) mass is 518 g/mol. The second-order valence-electron chi connectivity index (χ2n) is 10.2. The van der Waals surface area contributed by atoms with Crippen molar-refractivity contribution in [2.45, 2.75) is 33.7 Å². The fourth-order valence-corrected chi connectivity index (χ4v) is 4.23. The van der Waals surface area contributed by atoms with Gasteiger partial charge in [0.05, 0.1) is 19.2 Å². The number of carboxylic acids is 1. The van der Waals surface area contributed by atoms with Gasteiger partial charge in [0, 0.05) is 23.6 Å². The molecule has 0 spiro atoms. The standard InChI is InChI=1S/C30H28F2N2O4/c1-30(2,3)16-25(35)34(28-23-10-9-21(29(36)37)15-20(23)13-14-33-28)17-18-5-7-19(8-6-18)22-11-12-24(38-4)27(32)26(22)31/h5-15H,16-17H2,1-4H3,(H,36,37). The van der Waals surface area contributed by atoms with Crippen molar-refractivity contribution in [1.82, 2.24) is 4.98 Å². The van der Waals surface area contributed by atoms with Crippen LogP contribution in [0.25, 0.3) is 21.9 Å². The topological polar surface area (TPSA) is 79.7 Å². The Labute approximate surface area is 219 Å². The highest BCUT2D eigenvalue weighted by Crippen LogP contribution is 2.32. The Bertz CT molecular complexity index is 1510. The van der Waals surface area contributed by atoms with Crippen molar-refractivity contribution in [2.75, 3.05) is 12.0 Å². The summed E-state index contributed by atoms with van der Waals surface area (Å²) in [6.07, 6.45) is 1.80. The number of anilines is 1. The number of rotatable bonds is 7. The zero-order valence-electron chi connectivity index (χ0n) is 21.6. The van der Waals surface area contributed by atoms with Crippen molar-refractivity contribution in [2.24, 2.45) is 5.41 Å². The van der Waals surface area contributed by atoms with Crippen LogP contribution in [0.5, 0.6) is 5.75 Å². The minimum atomic E-state index is -1.05. The molecule has 0 radical (unpaired) electrons. The molecular weight excluding hydrogens is 490 g/mol. The number of aromatic nitrogens is 1. The van der Waals surface area contributed by atoms with Gasteiger partial charge >= 0.3 is 5.97 Å². The number of amides is 1. The highest BCUT2D eigenvalue weighted by Gasteiger charge is 2.25. The number of benzene rings is 3. The normalized spacial score (nSPS) is 11.4. The number of fused-ring (bicyclic) bond motifs is 1. The van der Waals surface area contributed by atoms with Gasteiger partial charge in [0.25, 0.3) is 0 Å². The lowest BCUT2D eigenvalue weighted by molar-refractivity contribution is -0.120. The molecule has 0 saturated heterocycles. The minimum Gasteiger partial charge on any atom is -0.494 e. The lowest BCUT2D eigenvalue weighted by Crippen LogP contribution is -2.34. The highest BCUT2D eigenvalue weighted by molar-refractivity contribution is 6.04. The van der Waals surface area contributed by atoms with Crippen LogP contribution in [0.2, 0.25) is 0 Å². The molecule has 0 saturated carbocycles. The van der Waals surface area contributed by atoms with E-state index in [9.17, 15) is 23.5 Å². The third kappa shape index (κ3) is 5.64. The highest BCUT2D eigenvalue weighted by atomic mass is 19.2. The van der Waals surface area contributed by atoms with E-state index in [2.05, 4.69) is 4.98 Å². The van der Waals surface area contributed by atoms with Gasteiger partial charge in [-0.2, -0.15) is 4.39 Å². The number of methoxy groups -OCH3 is 1. The Morgan fingerprint density at radius 1 is 0.974 bits per heavy atom. The van der Waals surface area contributed by atoms with Crippen LogP contribution in [0, 0.1) is 17.0 Å². The third-order valence-corrected chi connectivity index (χ3v) is 6.10. The zero-order chi connectivity index (χ0) is 27.6. The number of carbonyl (C=O) groups is 2. The van der Waals surface area contributed by atoms with E-state index in [0.29, 0.717) is 22.2 Å². The smallest absolute Gasteiger partial charge is 0.335 e. The molecule has 0 aliphatic rings. The molecule has 0 fully saturated rings. The summed E-state index contributed by atoms with van der Waals surface area (Å²) < 4.78 is 33.7. The van der Waals surface area contributed by atoms with Crippen LogP contribution in [0.15, 0.2) is 66.9 Å². The van der Waals surface area contributed by atoms with Gasteiger partial charge in [0.15, 0.2) is 11.6 Å². The lowest BCUT2D eigenvalue weighted by Gasteiger charge is -2.27. The van der Waals surface area contributed by atoms with Gasteiger partial charge in [0.1, 0.15) is 5.82 Å². The van der Waals surface area contributed by atoms with Crippen molar-refractivity contribution in [1.29, 1.82) is 0 Å². The number of carbonyl (C=O) groups excluding carboxylic acids is 1. The molecule has 1 aromatic heterocycles. The molecule has 38 heavy (non-hydrogen) atoms. The van der Waals surface area contributed by atoms with E-state index in [1.165, 1.54) is 25.3 Å². The van der Waals surface area contributed by atoms with Crippen LogP contribution in [0.3, 0.4) is 0 Å². The third-order valence-electron chi connectivity index (χ3n) is 6.10. The first-order valence-corrected chi connectivity index (χ1v) is 12.0. The van der Waals surface area contributed by atoms with Gasteiger partial charge in [-0.05, 0) is 58.3 Å². The predicted molar refractivity (Wildman–Crippen MR) is 142 cm³/mol. The summed E-state index contributed by atoms with van der Waals surface area (Å²) in [5, 5.41) is 10.7. The summed E-state index contributed by atoms with van der Waals surface area (Å²) in [5.74, 6) is -3.00. The summed E-state index contributed by atoms with van der Waals surface area (Å²) in [5.41, 5.74) is 1.19. The van der Waals surface area contributed by atoms with Crippen LogP contribution in [0.1, 0.15) is 43.1 Å². The molecule has 0 aliphatic carbocycles. The molecule has 1 N–H and O–H groups in total. The van der Waals surface area contributed by atoms with Gasteiger partial charge in [-0.15, -0.1) is 0 Å². The van der Waals surface area contributed by atoms with Crippen molar-refractivity contribution < 1.29 is 28.2 Å². The van der Waals surface area contributed by atoms with E-state index in [1.54, 1.807) is 53.6 Å². The molecule has 1 amide bonds. The van der Waals surface area contributed by atoms with Crippen molar-refractivity contribution in [3.63, 3.8) is 0 Å². The Balaban J connectivity index is 1.71. The number of nitrogens with zero attached hydrogens (tertiary/aromatic N) is 2. The van der Waals surface area contributed by atoms with Crippen molar-refractivity contribution in [3.8, 4) is 16.9 Å². The number of halogens is 2. The summed E-state index contributed by atoms with van der Waals surface area (Å²) >= 11 is 0. The Kier molecular flexibility index (Phi) is 7.44. The molecule has 4 rings (SSSR count). The number of carboxylic acid groups (broad SMARTS) is 1. The summed E-state index contributed by atoms with van der Waals surface area (Å²) in [6, 6.07) is 16.1. The largest absolute Gasteiger partial charge is 0.494 e. The fourth-order valence-electron chi connectivity index (χ4n) is 4.23. The predicted octanol–water partition coefficient (Wildman–Crippen LogP) is 6.86. The van der Waals surface area contributed by atoms with E-state index in [1.807, 2.05) is 20.8 Å². The molecule has 0 atom stereocenters. The summed E-state index contributed by atoms with van der Waals surface area (Å²) in [7, 11) is 1.27. The second-order valence-corrected chi connectivity index (χ2v) is 10.2. The number of ether oxygens (including phenoxy) is 1. The SMILES string of the molecule is COc1ccc(-c2ccc(CN(C(=O)CC(C)(C)C)c3nccc4cc(C(=O)O)ccc34)cc2)c(F)c1F. The maximum Gasteiger partial charge on any atom is 0.335 e. The molecule has 0 aliphatic heterocycles. The van der Waals surface area contributed by atoms with Crippen molar-refractivity contribution >= 4 is 28.5 Å². The number of hydrogen-bond acceptors (Lipinski definition) is 4. The van der Waals surface area contributed by atoms with Gasteiger partial charge < -0.3 is 9.84 Å². The summed E-state index contributed by atoms with van der Waals surface area (Å²) in [4.78, 5) is 31.0. The van der Waals surface area contributed by atoms with Crippen LogP contribution >= 0.6 is 0 Å². The molecule has 6 nitrogen and oxygen atoms in total. The maximum absolute atomic E-state index is 14.6. The van der Waals surface area contributed by atoms with Gasteiger partial charge in [-0.25, -0.2) is 14.2 Å². The Morgan fingerprint density at radius 2 is 1.68 bits per heavy atom. The van der Waals surface area contributed by atoms with Crippen LogP contribution in [0.4, 0.5) is 14.6 Å². The zero-order valence-corrected chi connectivity index (χ0v) is 21.6. The molecule has 8 heteroatoms. The first-order valence-electron chi connectivity index (χ1n) is 12.0. The summed E-state index contributed by atoms with van der Waals surface area (Å²) in [6.45, 7) is 6.09. The lowest BCUT2D eigenvalue weighted by atomic mass is 9.91. The van der Waals surface area contributed by atoms with E-state index in [-0.39, 0.29) is 41.2 Å². The van der Waals surface area contributed by atoms with E-state index < -0.39 is 17.6 Å². The molecule has 0 unspecified atom stereocenters. The average Bonchev–Trinajstić information content (AvgIpc) is 2.87. The first-order chi connectivity index (χ1) is 18.0. The van der Waals surface area contributed by atoms with E-state index in [0.717, 1.165) is 5.56 Å². The molecule has 1 heterocycles. The van der Waals surface area contributed by atoms with Gasteiger partial charge in [0.2, 0.25) is 11.7 Å². The average molecular weight is 519 g/mol. The van der Waals surface area contributed by atoms with E-state index >= 15 is 0 Å². The van der Waals surface area contributed by atoms with E-state index in [4.69, 9.17) is 4.74 Å². The quantitative estimate of drug-likeness (QED) is 0.289. The fraction of sp³-hybridized carbons (Fsp3) is 0.233. The molecular formula is C30H28F2N2O4. The van der Waals surface area contributed by atoms with Gasteiger partial charge in [-0.1, -0.05) is 45.0 Å². The van der Waals surface area contributed by atoms with Crippen LogP contribution < -0.4 is 9.64 Å². The van der Waals surface area contributed by atoms with Gasteiger partial charge in [-0.3, -0.25) is 9.69 Å². The second kappa shape index (κ2) is 10.6.